The van der Waals surface area contributed by atoms with Crippen molar-refractivity contribution < 1.29 is 27.1 Å². The molecule has 0 aromatic heterocycles. The van der Waals surface area contributed by atoms with Crippen LogP contribution in [0.2, 0.25) is 0 Å². The van der Waals surface area contributed by atoms with Gasteiger partial charge in [-0.1, -0.05) is 30.3 Å². The topological polar surface area (TPSA) is 84.0 Å². The average Bonchev–Trinajstić information content (AvgIpc) is 2.70. The van der Waals surface area contributed by atoms with Crippen LogP contribution in [0.5, 0.6) is 0 Å². The van der Waals surface area contributed by atoms with Crippen LogP contribution in [0.25, 0.3) is 0 Å². The largest absolute Gasteiger partial charge is 0.455 e. The lowest BCUT2D eigenvalue weighted by Crippen LogP contribution is -2.47. The van der Waals surface area contributed by atoms with Crippen LogP contribution in [0.4, 0.5) is 4.39 Å². The van der Waals surface area contributed by atoms with E-state index in [0.717, 1.165) is 34.1 Å². The second kappa shape index (κ2) is 10.0. The number of likely N-dealkylation sites (N-methyl/N-ethyl adjacent to an activating group) is 1. The Kier molecular flexibility index (Phi) is 7.91. The first-order valence-corrected chi connectivity index (χ1v) is 11.1. The molecule has 0 radical (unpaired) electrons. The number of nitrogens with zero attached hydrogens (tertiary/aromatic N) is 2. The Balaban J connectivity index is 1.98. The van der Waals surface area contributed by atoms with Crippen LogP contribution in [-0.2, 0) is 30.9 Å². The number of sulfonamides is 1. The van der Waals surface area contributed by atoms with Gasteiger partial charge >= 0.3 is 5.97 Å². The third-order valence-electron chi connectivity index (χ3n) is 4.52. The summed E-state index contributed by atoms with van der Waals surface area (Å²) in [5.74, 6) is -1.83. The van der Waals surface area contributed by atoms with Gasteiger partial charge in [-0.15, -0.1) is 0 Å². The minimum absolute atomic E-state index is 0.151. The molecule has 0 N–H and O–H groups in total. The lowest BCUT2D eigenvalue weighted by molar-refractivity contribution is -0.154. The standard InChI is InChI=1S/C22H27FN2O5S/c1-22(2,3)25(14-17-8-6-5-7-9-17)20(26)16-30-21(27)15-24(4)31(28,29)19-12-10-18(23)11-13-19/h5-13H,14-16H2,1-4H3. The van der Waals surface area contributed by atoms with Crippen LogP contribution < -0.4 is 0 Å². The van der Waals surface area contributed by atoms with Crippen molar-refractivity contribution in [1.82, 2.24) is 9.21 Å². The Morgan fingerprint density at radius 3 is 2.13 bits per heavy atom. The zero-order chi connectivity index (χ0) is 23.2. The maximum atomic E-state index is 13.0. The summed E-state index contributed by atoms with van der Waals surface area (Å²) in [4.78, 5) is 26.3. The number of hydrogen-bond acceptors (Lipinski definition) is 5. The Morgan fingerprint density at radius 2 is 1.58 bits per heavy atom. The summed E-state index contributed by atoms with van der Waals surface area (Å²) >= 11 is 0. The van der Waals surface area contributed by atoms with Gasteiger partial charge < -0.3 is 9.64 Å². The highest BCUT2D eigenvalue weighted by Crippen LogP contribution is 2.18. The van der Waals surface area contributed by atoms with E-state index in [9.17, 15) is 22.4 Å². The first-order chi connectivity index (χ1) is 14.4. The molecule has 0 bridgehead atoms. The zero-order valence-electron chi connectivity index (χ0n) is 18.0. The SMILES string of the molecule is CN(CC(=O)OCC(=O)N(Cc1ccccc1)C(C)(C)C)S(=O)(=O)c1ccc(F)cc1. The summed E-state index contributed by atoms with van der Waals surface area (Å²) in [6.07, 6.45) is 0. The quantitative estimate of drug-likeness (QED) is 0.578. The normalized spacial score (nSPS) is 11.9. The fourth-order valence-corrected chi connectivity index (χ4v) is 3.90. The molecule has 7 nitrogen and oxygen atoms in total. The third-order valence-corrected chi connectivity index (χ3v) is 6.34. The molecule has 0 spiro atoms. The molecule has 0 aliphatic heterocycles. The van der Waals surface area contributed by atoms with Crippen molar-refractivity contribution in [2.45, 2.75) is 37.8 Å². The number of amides is 1. The van der Waals surface area contributed by atoms with E-state index in [4.69, 9.17) is 4.74 Å². The minimum Gasteiger partial charge on any atom is -0.455 e. The molecular formula is C22H27FN2O5S. The highest BCUT2D eigenvalue weighted by molar-refractivity contribution is 7.89. The molecule has 0 fully saturated rings. The summed E-state index contributed by atoms with van der Waals surface area (Å²) in [6.45, 7) is 4.88. The zero-order valence-corrected chi connectivity index (χ0v) is 18.9. The van der Waals surface area contributed by atoms with Crippen molar-refractivity contribution in [3.8, 4) is 0 Å². The van der Waals surface area contributed by atoms with E-state index in [2.05, 4.69) is 0 Å². The molecule has 2 rings (SSSR count). The molecule has 0 atom stereocenters. The number of rotatable bonds is 8. The van der Waals surface area contributed by atoms with Crippen molar-refractivity contribution in [3.63, 3.8) is 0 Å². The van der Waals surface area contributed by atoms with Crippen LogP contribution in [0.3, 0.4) is 0 Å². The maximum Gasteiger partial charge on any atom is 0.321 e. The fourth-order valence-electron chi connectivity index (χ4n) is 2.78. The van der Waals surface area contributed by atoms with Crippen molar-refractivity contribution in [2.24, 2.45) is 0 Å². The number of benzene rings is 2. The molecule has 0 unspecified atom stereocenters. The molecule has 0 aliphatic carbocycles. The van der Waals surface area contributed by atoms with Crippen molar-refractivity contribution in [3.05, 3.63) is 66.0 Å². The number of esters is 1. The number of halogens is 1. The number of hydrogen-bond donors (Lipinski definition) is 0. The molecule has 31 heavy (non-hydrogen) atoms. The molecule has 0 heterocycles. The van der Waals surface area contributed by atoms with Crippen LogP contribution >= 0.6 is 0 Å². The van der Waals surface area contributed by atoms with Gasteiger partial charge in [0.1, 0.15) is 12.4 Å². The number of carbonyl (C=O) groups is 2. The smallest absolute Gasteiger partial charge is 0.321 e. The predicted octanol–water partition coefficient (Wildman–Crippen LogP) is 2.82. The molecule has 168 valence electrons. The van der Waals surface area contributed by atoms with Gasteiger partial charge in [-0.3, -0.25) is 9.59 Å². The molecule has 1 amide bonds. The van der Waals surface area contributed by atoms with E-state index in [1.54, 1.807) is 4.90 Å². The molecule has 0 saturated carbocycles. The van der Waals surface area contributed by atoms with Crippen LogP contribution in [0.1, 0.15) is 26.3 Å². The fraction of sp³-hybridized carbons (Fsp3) is 0.364. The minimum atomic E-state index is -4.00. The number of ether oxygens (including phenoxy) is 1. The van der Waals surface area contributed by atoms with Gasteiger partial charge in [0.2, 0.25) is 10.0 Å². The van der Waals surface area contributed by atoms with E-state index >= 15 is 0 Å². The highest BCUT2D eigenvalue weighted by atomic mass is 32.2. The van der Waals surface area contributed by atoms with E-state index in [1.807, 2.05) is 51.1 Å². The van der Waals surface area contributed by atoms with Crippen molar-refractivity contribution in [2.75, 3.05) is 20.2 Å². The van der Waals surface area contributed by atoms with Crippen molar-refractivity contribution >= 4 is 21.9 Å². The Hall–Kier alpha value is -2.78. The van der Waals surface area contributed by atoms with Crippen LogP contribution in [-0.4, -0.2) is 55.2 Å². The van der Waals surface area contributed by atoms with E-state index in [0.29, 0.717) is 6.54 Å². The molecular weight excluding hydrogens is 423 g/mol. The average molecular weight is 451 g/mol. The highest BCUT2D eigenvalue weighted by Gasteiger charge is 2.28. The van der Waals surface area contributed by atoms with Gasteiger partial charge in [0.05, 0.1) is 4.90 Å². The second-order valence-corrected chi connectivity index (χ2v) is 10.1. The lowest BCUT2D eigenvalue weighted by atomic mass is 10.0. The maximum absolute atomic E-state index is 13.0. The summed E-state index contributed by atoms with van der Waals surface area (Å²) in [5.41, 5.74) is 0.421. The van der Waals surface area contributed by atoms with Gasteiger partial charge in [-0.05, 0) is 50.6 Å². The summed E-state index contributed by atoms with van der Waals surface area (Å²) in [5, 5.41) is 0. The Labute approximate surface area is 182 Å². The van der Waals surface area contributed by atoms with E-state index in [1.165, 1.54) is 7.05 Å². The summed E-state index contributed by atoms with van der Waals surface area (Å²) in [7, 11) is -2.79. The second-order valence-electron chi connectivity index (χ2n) is 8.01. The van der Waals surface area contributed by atoms with Gasteiger partial charge in [0.25, 0.3) is 5.91 Å². The Morgan fingerprint density at radius 1 is 1.00 bits per heavy atom. The van der Waals surface area contributed by atoms with Gasteiger partial charge in [-0.25, -0.2) is 12.8 Å². The first kappa shape index (κ1) is 24.5. The monoisotopic (exact) mass is 450 g/mol. The summed E-state index contributed by atoms with van der Waals surface area (Å²) < 4.78 is 43.8. The molecule has 2 aromatic carbocycles. The molecule has 2 aromatic rings. The number of carbonyl (C=O) groups excluding carboxylic acids is 2. The van der Waals surface area contributed by atoms with Crippen molar-refractivity contribution in [1.29, 1.82) is 0 Å². The van der Waals surface area contributed by atoms with Gasteiger partial charge in [0, 0.05) is 19.1 Å². The predicted molar refractivity (Wildman–Crippen MR) is 114 cm³/mol. The molecule has 9 heteroatoms. The van der Waals surface area contributed by atoms with E-state index < -0.39 is 46.4 Å². The van der Waals surface area contributed by atoms with Gasteiger partial charge in [-0.2, -0.15) is 4.31 Å². The van der Waals surface area contributed by atoms with E-state index in [-0.39, 0.29) is 4.90 Å². The summed E-state index contributed by atoms with van der Waals surface area (Å²) in [6, 6.07) is 13.7. The van der Waals surface area contributed by atoms with Crippen LogP contribution in [0.15, 0.2) is 59.5 Å². The lowest BCUT2D eigenvalue weighted by Gasteiger charge is -2.35. The first-order valence-electron chi connectivity index (χ1n) is 9.63. The third kappa shape index (κ3) is 6.86. The van der Waals surface area contributed by atoms with Crippen LogP contribution in [0, 0.1) is 5.82 Å². The molecule has 0 aliphatic rings. The van der Waals surface area contributed by atoms with Gasteiger partial charge in [0.15, 0.2) is 6.61 Å². The Bertz CT molecular complexity index is 1000. The molecule has 0 saturated heterocycles.